The Labute approximate surface area is 169 Å². The van der Waals surface area contributed by atoms with Gasteiger partial charge in [0.15, 0.2) is 0 Å². The van der Waals surface area contributed by atoms with Crippen LogP contribution in [-0.2, 0) is 7.05 Å². The summed E-state index contributed by atoms with van der Waals surface area (Å²) >= 11 is 3.56. The average Bonchev–Trinajstić information content (AvgIpc) is 2.92. The van der Waals surface area contributed by atoms with Crippen molar-refractivity contribution in [3.05, 3.63) is 45.9 Å². The maximum Gasteiger partial charge on any atom is 0.208 e. The molecule has 0 aliphatic heterocycles. The van der Waals surface area contributed by atoms with Crippen molar-refractivity contribution in [2.75, 3.05) is 23.3 Å². The van der Waals surface area contributed by atoms with Crippen molar-refractivity contribution in [2.24, 2.45) is 12.8 Å². The topological polar surface area (TPSA) is 59.1 Å². The van der Waals surface area contributed by atoms with Crippen molar-refractivity contribution in [2.45, 2.75) is 33.7 Å². The third kappa shape index (κ3) is 3.82. The number of fused-ring (bicyclic) bond motifs is 1. The number of hydrogen-bond donors (Lipinski definition) is 2. The predicted octanol–water partition coefficient (Wildman–Crippen LogP) is 4.87. The number of aryl methyl sites for hydroxylation is 3. The van der Waals surface area contributed by atoms with Gasteiger partial charge >= 0.3 is 0 Å². The van der Waals surface area contributed by atoms with Crippen LogP contribution >= 0.6 is 15.9 Å². The first-order chi connectivity index (χ1) is 12.8. The standard InChI is InChI=1S/C21H28BrN5/c1-13(2)27(10-9-23)18-8-6-7-17-20(18)26(5)21(24-17)25-19-14(3)11-16(22)12-15(19)4/h6-8,11-13H,9-10,23H2,1-5H3,(H,24,25). The molecule has 0 radical (unpaired) electrons. The number of hydrogen-bond acceptors (Lipinski definition) is 4. The summed E-state index contributed by atoms with van der Waals surface area (Å²) in [6, 6.07) is 10.9. The largest absolute Gasteiger partial charge is 0.366 e. The van der Waals surface area contributed by atoms with Gasteiger partial charge in [-0.15, -0.1) is 0 Å². The van der Waals surface area contributed by atoms with Gasteiger partial charge in [0.1, 0.15) is 0 Å². The number of benzene rings is 2. The van der Waals surface area contributed by atoms with Crippen molar-refractivity contribution in [1.82, 2.24) is 9.55 Å². The lowest BCUT2D eigenvalue weighted by Gasteiger charge is -2.29. The molecule has 1 aromatic heterocycles. The Morgan fingerprint density at radius 1 is 1.22 bits per heavy atom. The fraction of sp³-hybridized carbons (Fsp3) is 0.381. The number of aromatic nitrogens is 2. The zero-order valence-electron chi connectivity index (χ0n) is 16.7. The number of imidazole rings is 1. The summed E-state index contributed by atoms with van der Waals surface area (Å²) in [7, 11) is 2.06. The molecular formula is C21H28BrN5. The van der Waals surface area contributed by atoms with Gasteiger partial charge in [-0.25, -0.2) is 4.98 Å². The molecule has 6 heteroatoms. The van der Waals surface area contributed by atoms with Crippen LogP contribution in [0.3, 0.4) is 0 Å². The second kappa shape index (κ2) is 7.90. The van der Waals surface area contributed by atoms with Crippen molar-refractivity contribution in [3.8, 4) is 0 Å². The summed E-state index contributed by atoms with van der Waals surface area (Å²) in [6.45, 7) is 10.0. The normalized spacial score (nSPS) is 11.4. The molecule has 5 nitrogen and oxygen atoms in total. The Kier molecular flexibility index (Phi) is 5.77. The summed E-state index contributed by atoms with van der Waals surface area (Å²) in [5.41, 5.74) is 12.6. The quantitative estimate of drug-likeness (QED) is 0.586. The first kappa shape index (κ1) is 19.7. The van der Waals surface area contributed by atoms with Crippen LogP contribution in [0.1, 0.15) is 25.0 Å². The van der Waals surface area contributed by atoms with E-state index in [-0.39, 0.29) is 0 Å². The third-order valence-electron chi connectivity index (χ3n) is 4.91. The van der Waals surface area contributed by atoms with Crippen molar-refractivity contribution in [1.29, 1.82) is 0 Å². The van der Waals surface area contributed by atoms with Crippen LogP contribution in [0.25, 0.3) is 11.0 Å². The highest BCUT2D eigenvalue weighted by molar-refractivity contribution is 9.10. The van der Waals surface area contributed by atoms with Crippen LogP contribution in [0.4, 0.5) is 17.3 Å². The molecule has 0 aliphatic rings. The highest BCUT2D eigenvalue weighted by atomic mass is 79.9. The van der Waals surface area contributed by atoms with Crippen molar-refractivity contribution >= 4 is 44.3 Å². The van der Waals surface area contributed by atoms with Crippen LogP contribution in [0.5, 0.6) is 0 Å². The van der Waals surface area contributed by atoms with Gasteiger partial charge in [0, 0.05) is 36.3 Å². The molecule has 0 atom stereocenters. The van der Waals surface area contributed by atoms with E-state index >= 15 is 0 Å². The average molecular weight is 430 g/mol. The lowest BCUT2D eigenvalue weighted by atomic mass is 10.1. The van der Waals surface area contributed by atoms with E-state index in [4.69, 9.17) is 10.7 Å². The lowest BCUT2D eigenvalue weighted by molar-refractivity contribution is 0.685. The molecular weight excluding hydrogens is 402 g/mol. The Hall–Kier alpha value is -2.05. The second-order valence-corrected chi connectivity index (χ2v) is 8.17. The molecule has 0 amide bonds. The molecule has 144 valence electrons. The number of anilines is 3. The fourth-order valence-corrected chi connectivity index (χ4v) is 4.29. The van der Waals surface area contributed by atoms with E-state index < -0.39 is 0 Å². The molecule has 2 aromatic carbocycles. The number of rotatable bonds is 6. The monoisotopic (exact) mass is 429 g/mol. The summed E-state index contributed by atoms with van der Waals surface area (Å²) < 4.78 is 3.22. The third-order valence-corrected chi connectivity index (χ3v) is 5.37. The van der Waals surface area contributed by atoms with Crippen LogP contribution in [-0.4, -0.2) is 28.7 Å². The van der Waals surface area contributed by atoms with E-state index in [1.54, 1.807) is 0 Å². The number of nitrogens with zero attached hydrogens (tertiary/aromatic N) is 3. The minimum Gasteiger partial charge on any atom is -0.366 e. The summed E-state index contributed by atoms with van der Waals surface area (Å²) in [4.78, 5) is 7.19. The zero-order chi connectivity index (χ0) is 19.7. The summed E-state index contributed by atoms with van der Waals surface area (Å²) in [5.74, 6) is 0.836. The van der Waals surface area contributed by atoms with Gasteiger partial charge in [-0.05, 0) is 63.1 Å². The van der Waals surface area contributed by atoms with Crippen LogP contribution in [0, 0.1) is 13.8 Å². The zero-order valence-corrected chi connectivity index (χ0v) is 18.3. The first-order valence-electron chi connectivity index (χ1n) is 9.29. The van der Waals surface area contributed by atoms with Crippen molar-refractivity contribution in [3.63, 3.8) is 0 Å². The van der Waals surface area contributed by atoms with Crippen LogP contribution in [0.15, 0.2) is 34.8 Å². The Bertz CT molecular complexity index is 938. The van der Waals surface area contributed by atoms with Crippen molar-refractivity contribution < 1.29 is 0 Å². The number of para-hydroxylation sites is 1. The van der Waals surface area contributed by atoms with Gasteiger partial charge in [-0.1, -0.05) is 22.0 Å². The number of halogens is 1. The predicted molar refractivity (Wildman–Crippen MR) is 119 cm³/mol. The Balaban J connectivity index is 2.10. The van der Waals surface area contributed by atoms with Gasteiger partial charge in [0.25, 0.3) is 0 Å². The van der Waals surface area contributed by atoms with E-state index in [1.807, 2.05) is 0 Å². The molecule has 3 rings (SSSR count). The van der Waals surface area contributed by atoms with Crippen LogP contribution < -0.4 is 16.0 Å². The minimum absolute atomic E-state index is 0.362. The molecule has 0 bridgehead atoms. The molecule has 27 heavy (non-hydrogen) atoms. The maximum atomic E-state index is 5.86. The van der Waals surface area contributed by atoms with Gasteiger partial charge in [0.2, 0.25) is 5.95 Å². The highest BCUT2D eigenvalue weighted by Crippen LogP contribution is 2.33. The molecule has 0 fully saturated rings. The smallest absolute Gasteiger partial charge is 0.208 e. The van der Waals surface area contributed by atoms with E-state index in [2.05, 4.69) is 95.8 Å². The fourth-order valence-electron chi connectivity index (χ4n) is 3.61. The Morgan fingerprint density at radius 2 is 1.89 bits per heavy atom. The minimum atomic E-state index is 0.362. The molecule has 3 N–H and O–H groups in total. The molecule has 0 saturated carbocycles. The molecule has 0 spiro atoms. The second-order valence-electron chi connectivity index (χ2n) is 7.25. The van der Waals surface area contributed by atoms with Gasteiger partial charge in [-0.3, -0.25) is 0 Å². The van der Waals surface area contributed by atoms with E-state index in [0.717, 1.165) is 33.7 Å². The molecule has 0 saturated heterocycles. The molecule has 0 aliphatic carbocycles. The lowest BCUT2D eigenvalue weighted by Crippen LogP contribution is -2.35. The summed E-state index contributed by atoms with van der Waals surface area (Å²) in [5, 5.41) is 3.54. The van der Waals surface area contributed by atoms with Crippen LogP contribution in [0.2, 0.25) is 0 Å². The van der Waals surface area contributed by atoms with E-state index in [9.17, 15) is 0 Å². The highest BCUT2D eigenvalue weighted by Gasteiger charge is 2.18. The first-order valence-corrected chi connectivity index (χ1v) is 10.1. The van der Waals surface area contributed by atoms with Gasteiger partial charge < -0.3 is 20.5 Å². The Morgan fingerprint density at radius 3 is 2.48 bits per heavy atom. The van der Waals surface area contributed by atoms with Gasteiger partial charge in [-0.2, -0.15) is 0 Å². The maximum absolute atomic E-state index is 5.86. The molecule has 1 heterocycles. The van der Waals surface area contributed by atoms with Gasteiger partial charge in [0.05, 0.1) is 16.7 Å². The van der Waals surface area contributed by atoms with E-state index in [1.165, 1.54) is 16.8 Å². The SMILES string of the molecule is Cc1cc(Br)cc(C)c1Nc1nc2cccc(N(CCN)C(C)C)c2n1C. The molecule has 3 aromatic rings. The summed E-state index contributed by atoms with van der Waals surface area (Å²) in [6.07, 6.45) is 0. The van der Waals surface area contributed by atoms with E-state index in [0.29, 0.717) is 12.6 Å². The molecule has 0 unspecified atom stereocenters. The number of nitrogens with two attached hydrogens (primary N) is 1. The number of nitrogens with one attached hydrogen (secondary N) is 1.